The van der Waals surface area contributed by atoms with Crippen LogP contribution in [0.3, 0.4) is 0 Å². The van der Waals surface area contributed by atoms with Gasteiger partial charge in [-0.15, -0.1) is 0 Å². The maximum atomic E-state index is 12.7. The van der Waals surface area contributed by atoms with Crippen molar-refractivity contribution in [3.05, 3.63) is 17.0 Å². The van der Waals surface area contributed by atoms with Gasteiger partial charge in [0.1, 0.15) is 0 Å². The monoisotopic (exact) mass is 375 g/mol. The zero-order chi connectivity index (χ0) is 19.4. The molecule has 27 heavy (non-hydrogen) atoms. The standard InChI is InChI=1S/C21H37N5O/c1-15(2)25-12-8-19(9-13-25)26-11-5-6-18(14-26)21(27)22-10-7-20-16(3)23-24-17(20)4/h15,18-19H,5-14H2,1-4H3,(H,22,27)(H,23,24)/t18-/m1/s1. The Hall–Kier alpha value is -1.40. The first-order chi connectivity index (χ1) is 13.0. The summed E-state index contributed by atoms with van der Waals surface area (Å²) in [7, 11) is 0. The van der Waals surface area contributed by atoms with Crippen LogP contribution in [-0.2, 0) is 11.2 Å². The van der Waals surface area contributed by atoms with Gasteiger partial charge in [0.05, 0.1) is 11.6 Å². The Kier molecular flexibility index (Phi) is 6.93. The maximum Gasteiger partial charge on any atom is 0.224 e. The first-order valence-corrected chi connectivity index (χ1v) is 10.7. The Balaban J connectivity index is 1.44. The van der Waals surface area contributed by atoms with Crippen LogP contribution in [0.2, 0.25) is 0 Å². The molecule has 152 valence electrons. The number of nitrogens with zero attached hydrogens (tertiary/aromatic N) is 3. The molecule has 1 aromatic rings. The van der Waals surface area contributed by atoms with Gasteiger partial charge in [-0.25, -0.2) is 0 Å². The number of carbonyl (C=O) groups is 1. The van der Waals surface area contributed by atoms with E-state index in [0.717, 1.165) is 43.7 Å². The molecule has 0 radical (unpaired) electrons. The van der Waals surface area contributed by atoms with Crippen LogP contribution >= 0.6 is 0 Å². The van der Waals surface area contributed by atoms with Crippen molar-refractivity contribution in [1.82, 2.24) is 25.3 Å². The summed E-state index contributed by atoms with van der Waals surface area (Å²) in [5.41, 5.74) is 3.38. The number of aryl methyl sites for hydroxylation is 2. The lowest BCUT2D eigenvalue weighted by Crippen LogP contribution is -2.51. The van der Waals surface area contributed by atoms with Gasteiger partial charge in [0, 0.05) is 30.9 Å². The molecule has 2 aliphatic heterocycles. The second-order valence-corrected chi connectivity index (χ2v) is 8.65. The quantitative estimate of drug-likeness (QED) is 0.801. The molecule has 2 fully saturated rings. The molecule has 2 saturated heterocycles. The predicted molar refractivity (Wildman–Crippen MR) is 109 cm³/mol. The topological polar surface area (TPSA) is 64.3 Å². The SMILES string of the molecule is Cc1n[nH]c(C)c1CCNC(=O)[C@@H]1CCCN(C2CCN(C(C)C)CC2)C1. The van der Waals surface area contributed by atoms with E-state index in [2.05, 4.69) is 39.2 Å². The number of piperidine rings is 2. The summed E-state index contributed by atoms with van der Waals surface area (Å²) in [5.74, 6) is 0.381. The Morgan fingerprint density at radius 3 is 2.59 bits per heavy atom. The maximum absolute atomic E-state index is 12.7. The molecule has 2 N–H and O–H groups in total. The minimum absolute atomic E-state index is 0.147. The lowest BCUT2D eigenvalue weighted by atomic mass is 9.93. The van der Waals surface area contributed by atoms with Crippen molar-refractivity contribution in [2.45, 2.75) is 71.9 Å². The molecule has 2 aliphatic rings. The van der Waals surface area contributed by atoms with E-state index in [1.807, 2.05) is 13.8 Å². The first-order valence-electron chi connectivity index (χ1n) is 10.7. The highest BCUT2D eigenvalue weighted by molar-refractivity contribution is 5.79. The molecule has 0 bridgehead atoms. The summed E-state index contributed by atoms with van der Waals surface area (Å²) in [6.45, 7) is 13.8. The van der Waals surface area contributed by atoms with Crippen molar-refractivity contribution in [2.75, 3.05) is 32.7 Å². The minimum Gasteiger partial charge on any atom is -0.355 e. The summed E-state index contributed by atoms with van der Waals surface area (Å²) in [6, 6.07) is 1.31. The van der Waals surface area contributed by atoms with E-state index in [0.29, 0.717) is 18.6 Å². The lowest BCUT2D eigenvalue weighted by molar-refractivity contribution is -0.127. The van der Waals surface area contributed by atoms with Gasteiger partial charge in [-0.3, -0.25) is 14.8 Å². The van der Waals surface area contributed by atoms with E-state index < -0.39 is 0 Å². The molecule has 1 aromatic heterocycles. The highest BCUT2D eigenvalue weighted by Gasteiger charge is 2.31. The lowest BCUT2D eigenvalue weighted by Gasteiger charge is -2.43. The second-order valence-electron chi connectivity index (χ2n) is 8.65. The fraction of sp³-hybridized carbons (Fsp3) is 0.810. The molecule has 0 aliphatic carbocycles. The van der Waals surface area contributed by atoms with Crippen molar-refractivity contribution in [3.8, 4) is 0 Å². The highest BCUT2D eigenvalue weighted by atomic mass is 16.1. The van der Waals surface area contributed by atoms with Gasteiger partial charge in [0.25, 0.3) is 0 Å². The molecule has 6 heteroatoms. The minimum atomic E-state index is 0.147. The van der Waals surface area contributed by atoms with Crippen molar-refractivity contribution in [1.29, 1.82) is 0 Å². The molecular weight excluding hydrogens is 338 g/mol. The molecule has 0 aromatic carbocycles. The third-order valence-corrected chi connectivity index (χ3v) is 6.52. The van der Waals surface area contributed by atoms with Crippen molar-refractivity contribution >= 4 is 5.91 Å². The Morgan fingerprint density at radius 2 is 1.96 bits per heavy atom. The van der Waals surface area contributed by atoms with E-state index in [1.54, 1.807) is 0 Å². The zero-order valence-corrected chi connectivity index (χ0v) is 17.6. The van der Waals surface area contributed by atoms with Crippen molar-refractivity contribution in [2.24, 2.45) is 5.92 Å². The number of rotatable bonds is 6. The molecule has 3 heterocycles. The van der Waals surface area contributed by atoms with E-state index >= 15 is 0 Å². The number of likely N-dealkylation sites (tertiary alicyclic amines) is 2. The number of aromatic nitrogens is 2. The fourth-order valence-electron chi connectivity index (χ4n) is 4.72. The number of H-pyrrole nitrogens is 1. The summed E-state index contributed by atoms with van der Waals surface area (Å²) < 4.78 is 0. The zero-order valence-electron chi connectivity index (χ0n) is 17.6. The van der Waals surface area contributed by atoms with Crippen LogP contribution in [0.1, 0.15) is 56.5 Å². The fourth-order valence-corrected chi connectivity index (χ4v) is 4.72. The summed E-state index contributed by atoms with van der Waals surface area (Å²) in [6.07, 6.45) is 5.50. The Morgan fingerprint density at radius 1 is 1.22 bits per heavy atom. The normalized spacial score (nSPS) is 23.1. The van der Waals surface area contributed by atoms with Crippen LogP contribution in [0.5, 0.6) is 0 Å². The second kappa shape index (κ2) is 9.20. The highest BCUT2D eigenvalue weighted by Crippen LogP contribution is 2.24. The van der Waals surface area contributed by atoms with Crippen molar-refractivity contribution in [3.63, 3.8) is 0 Å². The van der Waals surface area contributed by atoms with Crippen molar-refractivity contribution < 1.29 is 4.79 Å². The largest absolute Gasteiger partial charge is 0.355 e. The number of hydrogen-bond donors (Lipinski definition) is 2. The third-order valence-electron chi connectivity index (χ3n) is 6.52. The summed E-state index contributed by atoms with van der Waals surface area (Å²) in [4.78, 5) is 17.9. The number of amides is 1. The van der Waals surface area contributed by atoms with E-state index in [9.17, 15) is 4.79 Å². The first kappa shape index (κ1) is 20.3. The molecule has 0 unspecified atom stereocenters. The Bertz CT molecular complexity index is 599. The summed E-state index contributed by atoms with van der Waals surface area (Å²) in [5, 5.41) is 10.4. The van der Waals surface area contributed by atoms with Crippen LogP contribution in [0, 0.1) is 19.8 Å². The number of carbonyl (C=O) groups excluding carboxylic acids is 1. The predicted octanol–water partition coefficient (Wildman–Crippen LogP) is 2.27. The van der Waals surface area contributed by atoms with Crippen LogP contribution in [0.4, 0.5) is 0 Å². The molecule has 1 atom stereocenters. The number of hydrogen-bond acceptors (Lipinski definition) is 4. The van der Waals surface area contributed by atoms with Gasteiger partial charge >= 0.3 is 0 Å². The molecule has 6 nitrogen and oxygen atoms in total. The van der Waals surface area contributed by atoms with Crippen LogP contribution in [0.25, 0.3) is 0 Å². The van der Waals surface area contributed by atoms with Crippen LogP contribution < -0.4 is 5.32 Å². The van der Waals surface area contributed by atoms with Gasteiger partial charge in [0.2, 0.25) is 5.91 Å². The number of nitrogens with one attached hydrogen (secondary N) is 2. The molecule has 3 rings (SSSR count). The molecule has 0 saturated carbocycles. The smallest absolute Gasteiger partial charge is 0.224 e. The van der Waals surface area contributed by atoms with Gasteiger partial charge in [0.15, 0.2) is 0 Å². The Labute approximate surface area is 164 Å². The van der Waals surface area contributed by atoms with E-state index in [4.69, 9.17) is 0 Å². The van der Waals surface area contributed by atoms with Gasteiger partial charge in [-0.1, -0.05) is 0 Å². The van der Waals surface area contributed by atoms with Gasteiger partial charge in [-0.2, -0.15) is 5.10 Å². The van der Waals surface area contributed by atoms with E-state index in [1.165, 1.54) is 31.5 Å². The van der Waals surface area contributed by atoms with Crippen LogP contribution in [-0.4, -0.2) is 70.7 Å². The third kappa shape index (κ3) is 5.11. The molecule has 0 spiro atoms. The molecule has 1 amide bonds. The average molecular weight is 376 g/mol. The average Bonchev–Trinajstić information content (AvgIpc) is 3.00. The summed E-state index contributed by atoms with van der Waals surface area (Å²) >= 11 is 0. The van der Waals surface area contributed by atoms with E-state index in [-0.39, 0.29) is 11.8 Å². The van der Waals surface area contributed by atoms with Crippen LogP contribution in [0.15, 0.2) is 0 Å². The molecular formula is C21H37N5O. The van der Waals surface area contributed by atoms with Gasteiger partial charge in [-0.05, 0) is 85.0 Å². The number of aromatic amines is 1. The van der Waals surface area contributed by atoms with Gasteiger partial charge < -0.3 is 10.2 Å².